The van der Waals surface area contributed by atoms with Gasteiger partial charge in [0.2, 0.25) is 0 Å². The van der Waals surface area contributed by atoms with E-state index >= 15 is 0 Å². The molecule has 0 aliphatic rings. The summed E-state index contributed by atoms with van der Waals surface area (Å²) in [6, 6.07) is 19.6. The van der Waals surface area contributed by atoms with Gasteiger partial charge in [0.15, 0.2) is 5.78 Å². The number of anilines is 2. The first-order valence-electron chi connectivity index (χ1n) is 7.75. The Labute approximate surface area is 144 Å². The molecule has 0 saturated carbocycles. The average Bonchev–Trinajstić information content (AvgIpc) is 2.61. The molecule has 0 saturated heterocycles. The third-order valence-corrected chi connectivity index (χ3v) is 3.74. The lowest BCUT2D eigenvalue weighted by molar-refractivity contribution is -0.132. The third kappa shape index (κ3) is 3.90. The number of rotatable bonds is 3. The number of Topliss-reactive ketones (excluding diaryl/α,β-unsaturated/α-hetero) is 1. The van der Waals surface area contributed by atoms with Crippen LogP contribution in [0.25, 0.3) is 10.8 Å². The molecule has 0 aromatic heterocycles. The van der Waals surface area contributed by atoms with Gasteiger partial charge < -0.3 is 10.6 Å². The molecule has 3 rings (SSSR count). The van der Waals surface area contributed by atoms with E-state index in [0.717, 1.165) is 10.8 Å². The number of amides is 2. The fraction of sp³-hybridized carbons (Fsp3) is 0.0500. The van der Waals surface area contributed by atoms with Gasteiger partial charge in [-0.25, -0.2) is 0 Å². The van der Waals surface area contributed by atoms with Crippen molar-refractivity contribution in [1.29, 1.82) is 0 Å². The molecule has 0 heterocycles. The zero-order valence-corrected chi connectivity index (χ0v) is 13.6. The Hall–Kier alpha value is -3.47. The molecule has 0 aliphatic carbocycles. The Kier molecular flexibility index (Phi) is 4.57. The van der Waals surface area contributed by atoms with E-state index in [4.69, 9.17) is 0 Å². The summed E-state index contributed by atoms with van der Waals surface area (Å²) in [4.78, 5) is 35.5. The highest BCUT2D eigenvalue weighted by atomic mass is 16.2. The average molecular weight is 332 g/mol. The summed E-state index contributed by atoms with van der Waals surface area (Å²) in [7, 11) is 0. The highest BCUT2D eigenvalue weighted by molar-refractivity contribution is 6.43. The molecule has 0 atom stereocenters. The maximum Gasteiger partial charge on any atom is 0.314 e. The Morgan fingerprint density at radius 1 is 0.680 bits per heavy atom. The number of carbonyl (C=O) groups is 3. The van der Waals surface area contributed by atoms with Crippen LogP contribution in [0.5, 0.6) is 0 Å². The molecular weight excluding hydrogens is 316 g/mol. The number of hydrogen-bond acceptors (Lipinski definition) is 3. The van der Waals surface area contributed by atoms with Gasteiger partial charge in [0.1, 0.15) is 0 Å². The number of ketones is 1. The van der Waals surface area contributed by atoms with Crippen LogP contribution in [0.4, 0.5) is 11.4 Å². The molecule has 2 N–H and O–H groups in total. The molecule has 2 amide bonds. The molecule has 3 aromatic carbocycles. The van der Waals surface area contributed by atoms with Gasteiger partial charge >= 0.3 is 11.8 Å². The maximum absolute atomic E-state index is 12.1. The lowest BCUT2D eigenvalue weighted by Gasteiger charge is -2.08. The van der Waals surface area contributed by atoms with Crippen LogP contribution in [0.2, 0.25) is 0 Å². The Bertz CT molecular complexity index is 979. The minimum Gasteiger partial charge on any atom is -0.318 e. The van der Waals surface area contributed by atoms with Crippen molar-refractivity contribution >= 4 is 39.7 Å². The minimum absolute atomic E-state index is 0.114. The van der Waals surface area contributed by atoms with Gasteiger partial charge in [-0.15, -0.1) is 0 Å². The quantitative estimate of drug-likeness (QED) is 0.568. The second-order valence-corrected chi connectivity index (χ2v) is 5.61. The van der Waals surface area contributed by atoms with Crippen LogP contribution in [-0.4, -0.2) is 17.6 Å². The van der Waals surface area contributed by atoms with Gasteiger partial charge in [-0.1, -0.05) is 42.5 Å². The molecule has 0 radical (unpaired) electrons. The summed E-state index contributed by atoms with van der Waals surface area (Å²) >= 11 is 0. The second-order valence-electron chi connectivity index (χ2n) is 5.61. The number of benzene rings is 3. The van der Waals surface area contributed by atoms with Crippen LogP contribution in [0.3, 0.4) is 0 Å². The molecule has 25 heavy (non-hydrogen) atoms. The van der Waals surface area contributed by atoms with Gasteiger partial charge in [0.25, 0.3) is 0 Å². The molecule has 0 aliphatic heterocycles. The van der Waals surface area contributed by atoms with E-state index in [0.29, 0.717) is 16.9 Å². The van der Waals surface area contributed by atoms with Crippen molar-refractivity contribution < 1.29 is 14.4 Å². The topological polar surface area (TPSA) is 75.3 Å². The summed E-state index contributed by atoms with van der Waals surface area (Å²) in [6.45, 7) is 1.44. The summed E-state index contributed by atoms with van der Waals surface area (Å²) in [6.07, 6.45) is 0. The van der Waals surface area contributed by atoms with Gasteiger partial charge in [-0.3, -0.25) is 14.4 Å². The molecule has 0 fully saturated rings. The van der Waals surface area contributed by atoms with Crippen molar-refractivity contribution in [1.82, 2.24) is 0 Å². The highest BCUT2D eigenvalue weighted by Gasteiger charge is 2.14. The van der Waals surface area contributed by atoms with E-state index in [1.165, 1.54) is 13.0 Å². The fourth-order valence-electron chi connectivity index (χ4n) is 2.46. The van der Waals surface area contributed by atoms with E-state index in [1.54, 1.807) is 30.3 Å². The number of nitrogens with one attached hydrogen (secondary N) is 2. The molecule has 0 bridgehead atoms. The van der Waals surface area contributed by atoms with Crippen LogP contribution in [0.1, 0.15) is 17.3 Å². The highest BCUT2D eigenvalue weighted by Crippen LogP contribution is 2.19. The van der Waals surface area contributed by atoms with E-state index in [1.807, 2.05) is 30.3 Å². The second kappa shape index (κ2) is 6.97. The normalized spacial score (nSPS) is 10.3. The van der Waals surface area contributed by atoms with Crippen molar-refractivity contribution in [2.45, 2.75) is 6.92 Å². The van der Waals surface area contributed by atoms with Crippen molar-refractivity contribution in [3.05, 3.63) is 72.3 Å². The van der Waals surface area contributed by atoms with Crippen molar-refractivity contribution in [3.8, 4) is 0 Å². The Morgan fingerprint density at radius 2 is 1.32 bits per heavy atom. The molecule has 5 nitrogen and oxygen atoms in total. The number of hydrogen-bond donors (Lipinski definition) is 2. The van der Waals surface area contributed by atoms with Crippen LogP contribution in [0, 0.1) is 0 Å². The fourth-order valence-corrected chi connectivity index (χ4v) is 2.46. The lowest BCUT2D eigenvalue weighted by atomic mass is 10.1. The molecule has 124 valence electrons. The SMILES string of the molecule is CC(=O)c1cccc(NC(=O)C(=O)Nc2ccc3ccccc3c2)c1. The van der Waals surface area contributed by atoms with Crippen LogP contribution >= 0.6 is 0 Å². The molecule has 3 aromatic rings. The Balaban J connectivity index is 1.70. The first-order chi connectivity index (χ1) is 12.0. The van der Waals surface area contributed by atoms with E-state index in [-0.39, 0.29) is 5.78 Å². The summed E-state index contributed by atoms with van der Waals surface area (Å²) in [5.74, 6) is -1.69. The van der Waals surface area contributed by atoms with Gasteiger partial charge in [-0.05, 0) is 42.0 Å². The molecule has 0 spiro atoms. The van der Waals surface area contributed by atoms with E-state index in [2.05, 4.69) is 10.6 Å². The summed E-state index contributed by atoms with van der Waals surface area (Å²) in [5.41, 5.74) is 1.40. The Morgan fingerprint density at radius 3 is 2.00 bits per heavy atom. The smallest absolute Gasteiger partial charge is 0.314 e. The standard InChI is InChI=1S/C20H16N2O3/c1-13(23)15-7-4-8-17(11-15)21-19(24)20(25)22-18-10-9-14-5-2-3-6-16(14)12-18/h2-12H,1H3,(H,21,24)(H,22,25). The van der Waals surface area contributed by atoms with Crippen molar-refractivity contribution in [2.75, 3.05) is 10.6 Å². The number of fused-ring (bicyclic) bond motifs is 1. The lowest BCUT2D eigenvalue weighted by Crippen LogP contribution is -2.29. The minimum atomic E-state index is -0.797. The molecular formula is C20H16N2O3. The van der Waals surface area contributed by atoms with E-state index < -0.39 is 11.8 Å². The van der Waals surface area contributed by atoms with Gasteiger partial charge in [0, 0.05) is 16.9 Å². The molecule has 0 unspecified atom stereocenters. The van der Waals surface area contributed by atoms with Gasteiger partial charge in [-0.2, -0.15) is 0 Å². The predicted molar refractivity (Wildman–Crippen MR) is 97.7 cm³/mol. The zero-order chi connectivity index (χ0) is 17.8. The number of carbonyl (C=O) groups excluding carboxylic acids is 3. The van der Waals surface area contributed by atoms with Gasteiger partial charge in [0.05, 0.1) is 0 Å². The summed E-state index contributed by atoms with van der Waals surface area (Å²) < 4.78 is 0. The first kappa shape index (κ1) is 16.4. The maximum atomic E-state index is 12.1. The van der Waals surface area contributed by atoms with Crippen LogP contribution in [-0.2, 0) is 9.59 Å². The summed E-state index contributed by atoms with van der Waals surface area (Å²) in [5, 5.41) is 7.08. The van der Waals surface area contributed by atoms with Crippen molar-refractivity contribution in [3.63, 3.8) is 0 Å². The predicted octanol–water partition coefficient (Wildman–Crippen LogP) is 3.62. The van der Waals surface area contributed by atoms with Crippen LogP contribution in [0.15, 0.2) is 66.7 Å². The monoisotopic (exact) mass is 332 g/mol. The first-order valence-corrected chi connectivity index (χ1v) is 7.75. The van der Waals surface area contributed by atoms with Crippen LogP contribution < -0.4 is 10.6 Å². The largest absolute Gasteiger partial charge is 0.318 e. The van der Waals surface area contributed by atoms with E-state index in [9.17, 15) is 14.4 Å². The van der Waals surface area contributed by atoms with Crippen molar-refractivity contribution in [2.24, 2.45) is 0 Å². The molecule has 5 heteroatoms. The third-order valence-electron chi connectivity index (χ3n) is 3.74. The zero-order valence-electron chi connectivity index (χ0n) is 13.6.